The van der Waals surface area contributed by atoms with Crippen molar-refractivity contribution in [1.82, 2.24) is 14.8 Å². The molecule has 1 aliphatic rings. The van der Waals surface area contributed by atoms with E-state index in [-0.39, 0.29) is 23.4 Å². The van der Waals surface area contributed by atoms with E-state index in [4.69, 9.17) is 0 Å². The first-order chi connectivity index (χ1) is 15.4. The average molecular weight is 447 g/mol. The van der Waals surface area contributed by atoms with Crippen molar-refractivity contribution in [3.8, 4) is 16.9 Å². The van der Waals surface area contributed by atoms with E-state index in [0.717, 1.165) is 16.8 Å². The summed E-state index contributed by atoms with van der Waals surface area (Å²) in [6, 6.07) is 17.9. The van der Waals surface area contributed by atoms with Gasteiger partial charge < -0.3 is 0 Å². The Morgan fingerprint density at radius 3 is 2.50 bits per heavy atom. The third kappa shape index (κ3) is 3.23. The van der Waals surface area contributed by atoms with Crippen LogP contribution < -0.4 is 9.86 Å². The fraction of sp³-hybridized carbons (Fsp3) is 0.167. The van der Waals surface area contributed by atoms with Crippen molar-refractivity contribution in [2.24, 2.45) is 0 Å². The molecule has 32 heavy (non-hydrogen) atoms. The second kappa shape index (κ2) is 7.49. The Kier molecular flexibility index (Phi) is 4.74. The van der Waals surface area contributed by atoms with Crippen molar-refractivity contribution in [2.75, 3.05) is 10.8 Å². The van der Waals surface area contributed by atoms with Crippen LogP contribution in [0.25, 0.3) is 16.9 Å². The van der Waals surface area contributed by atoms with Crippen LogP contribution in [0.4, 0.5) is 5.82 Å². The topological polar surface area (TPSA) is 88.1 Å². The maximum atomic E-state index is 13.5. The van der Waals surface area contributed by atoms with Crippen molar-refractivity contribution < 1.29 is 8.42 Å². The Morgan fingerprint density at radius 2 is 1.75 bits per heavy atom. The van der Waals surface area contributed by atoms with Gasteiger partial charge in [-0.2, -0.15) is 0 Å². The Labute approximate surface area is 186 Å². The highest BCUT2D eigenvalue weighted by atomic mass is 32.2. The van der Waals surface area contributed by atoms with Crippen molar-refractivity contribution in [1.29, 1.82) is 0 Å². The number of hydrogen-bond acceptors (Lipinski definition) is 4. The van der Waals surface area contributed by atoms with Gasteiger partial charge in [0.05, 0.1) is 16.3 Å². The molecular formula is C24H22N4O3S. The van der Waals surface area contributed by atoms with Gasteiger partial charge >= 0.3 is 0 Å². The third-order valence-electron chi connectivity index (χ3n) is 5.71. The molecule has 0 spiro atoms. The lowest BCUT2D eigenvalue weighted by Gasteiger charge is -2.23. The first-order valence-electron chi connectivity index (χ1n) is 10.3. The number of pyridine rings is 1. The predicted molar refractivity (Wildman–Crippen MR) is 124 cm³/mol. The van der Waals surface area contributed by atoms with Crippen LogP contribution in [0.2, 0.25) is 0 Å². The predicted octanol–water partition coefficient (Wildman–Crippen LogP) is 3.60. The van der Waals surface area contributed by atoms with Gasteiger partial charge in [-0.05, 0) is 62.2 Å². The SMILES string of the molecule is Cc1ccc(S(=O)(=O)N2CCc3c([nH]n(-c4cccc(C)c4)c3=O)-c3cccnc32)cc1. The highest BCUT2D eigenvalue weighted by Crippen LogP contribution is 2.35. The Hall–Kier alpha value is -3.65. The van der Waals surface area contributed by atoms with Crippen molar-refractivity contribution in [3.05, 3.63) is 93.9 Å². The molecule has 0 saturated carbocycles. The smallest absolute Gasteiger partial charge is 0.275 e. The Balaban J connectivity index is 1.67. The standard InChI is InChI=1S/C24H22N4O3S/c1-16-8-10-19(11-9-16)32(30,31)27-14-12-21-22(20-7-4-13-25-23(20)27)26-28(24(21)29)18-6-3-5-17(2)15-18/h3-11,13,15,26H,12,14H2,1-2H3. The quantitative estimate of drug-likeness (QED) is 0.521. The molecule has 1 N–H and O–H groups in total. The summed E-state index contributed by atoms with van der Waals surface area (Å²) < 4.78 is 29.8. The lowest BCUT2D eigenvalue weighted by Crippen LogP contribution is -2.34. The number of anilines is 1. The van der Waals surface area contributed by atoms with Crippen LogP contribution in [0, 0.1) is 13.8 Å². The molecule has 4 aromatic rings. The number of hydrogen-bond donors (Lipinski definition) is 1. The molecule has 0 atom stereocenters. The normalized spacial score (nSPS) is 13.4. The van der Waals surface area contributed by atoms with Crippen LogP contribution in [0.5, 0.6) is 0 Å². The van der Waals surface area contributed by atoms with Gasteiger partial charge in [0.25, 0.3) is 15.6 Å². The lowest BCUT2D eigenvalue weighted by molar-refractivity contribution is 0.590. The molecule has 2 aromatic carbocycles. The number of H-pyrrole nitrogens is 1. The molecule has 0 fully saturated rings. The van der Waals surface area contributed by atoms with E-state index < -0.39 is 10.0 Å². The second-order valence-corrected chi connectivity index (χ2v) is 9.82. The minimum atomic E-state index is -3.84. The summed E-state index contributed by atoms with van der Waals surface area (Å²) in [4.78, 5) is 17.9. The highest BCUT2D eigenvalue weighted by molar-refractivity contribution is 7.92. The molecule has 0 bridgehead atoms. The monoisotopic (exact) mass is 446 g/mol. The number of aromatic nitrogens is 3. The average Bonchev–Trinajstić information content (AvgIpc) is 3.00. The highest BCUT2D eigenvalue weighted by Gasteiger charge is 2.33. The summed E-state index contributed by atoms with van der Waals surface area (Å²) in [5.41, 5.74) is 4.29. The maximum absolute atomic E-state index is 13.5. The molecule has 3 heterocycles. The largest absolute Gasteiger partial charge is 0.290 e. The van der Waals surface area contributed by atoms with Gasteiger partial charge in [0.2, 0.25) is 0 Å². The van der Waals surface area contributed by atoms with E-state index in [9.17, 15) is 13.2 Å². The molecule has 0 aliphatic carbocycles. The Bertz CT molecular complexity index is 1480. The summed E-state index contributed by atoms with van der Waals surface area (Å²) in [6.45, 7) is 3.99. The molecule has 162 valence electrons. The van der Waals surface area contributed by atoms with Gasteiger partial charge in [0, 0.05) is 23.9 Å². The molecule has 0 amide bonds. The van der Waals surface area contributed by atoms with E-state index in [1.54, 1.807) is 42.6 Å². The van der Waals surface area contributed by atoms with E-state index >= 15 is 0 Å². The molecule has 7 nitrogen and oxygen atoms in total. The van der Waals surface area contributed by atoms with E-state index in [1.807, 2.05) is 38.1 Å². The molecule has 0 saturated heterocycles. The van der Waals surface area contributed by atoms with Gasteiger partial charge in [-0.25, -0.2) is 22.4 Å². The zero-order chi connectivity index (χ0) is 22.5. The zero-order valence-corrected chi connectivity index (χ0v) is 18.6. The van der Waals surface area contributed by atoms with Crippen molar-refractivity contribution in [2.45, 2.75) is 25.2 Å². The molecule has 8 heteroatoms. The molecular weight excluding hydrogens is 424 g/mol. The number of aromatic amines is 1. The molecule has 5 rings (SSSR count). The van der Waals surface area contributed by atoms with Gasteiger partial charge in [-0.15, -0.1) is 0 Å². The summed E-state index contributed by atoms with van der Waals surface area (Å²) in [6.07, 6.45) is 1.84. The van der Waals surface area contributed by atoms with Crippen LogP contribution in [0.1, 0.15) is 16.7 Å². The number of benzene rings is 2. The van der Waals surface area contributed by atoms with Crippen molar-refractivity contribution in [3.63, 3.8) is 0 Å². The van der Waals surface area contributed by atoms with E-state index in [2.05, 4.69) is 10.1 Å². The number of rotatable bonds is 3. The maximum Gasteiger partial charge on any atom is 0.275 e. The minimum absolute atomic E-state index is 0.119. The van der Waals surface area contributed by atoms with Gasteiger partial charge in [0.15, 0.2) is 5.82 Å². The van der Waals surface area contributed by atoms with Crippen LogP contribution >= 0.6 is 0 Å². The summed E-state index contributed by atoms with van der Waals surface area (Å²) in [7, 11) is -3.84. The number of nitrogens with zero attached hydrogens (tertiary/aromatic N) is 3. The van der Waals surface area contributed by atoms with Crippen LogP contribution in [-0.2, 0) is 16.4 Å². The summed E-state index contributed by atoms with van der Waals surface area (Å²) >= 11 is 0. The molecule has 1 aliphatic heterocycles. The third-order valence-corrected chi connectivity index (χ3v) is 7.52. The van der Waals surface area contributed by atoms with Gasteiger partial charge in [0.1, 0.15) is 0 Å². The van der Waals surface area contributed by atoms with Crippen molar-refractivity contribution >= 4 is 15.8 Å². The fourth-order valence-corrected chi connectivity index (χ4v) is 5.50. The van der Waals surface area contributed by atoms with Crippen LogP contribution in [0.15, 0.2) is 76.6 Å². The molecule has 0 radical (unpaired) electrons. The first kappa shape index (κ1) is 20.3. The zero-order valence-electron chi connectivity index (χ0n) is 17.7. The number of sulfonamides is 1. The fourth-order valence-electron chi connectivity index (χ4n) is 4.06. The number of fused-ring (bicyclic) bond motifs is 3. The molecule has 0 unspecified atom stereocenters. The molecule has 2 aromatic heterocycles. The number of aryl methyl sites for hydroxylation is 2. The summed E-state index contributed by atoms with van der Waals surface area (Å²) in [5, 5.41) is 3.20. The van der Waals surface area contributed by atoms with Crippen LogP contribution in [-0.4, -0.2) is 29.7 Å². The van der Waals surface area contributed by atoms with Crippen LogP contribution in [0.3, 0.4) is 0 Å². The summed E-state index contributed by atoms with van der Waals surface area (Å²) in [5.74, 6) is 0.310. The van der Waals surface area contributed by atoms with E-state index in [1.165, 1.54) is 8.99 Å². The Morgan fingerprint density at radius 1 is 0.969 bits per heavy atom. The minimum Gasteiger partial charge on any atom is -0.290 e. The van der Waals surface area contributed by atoms with Gasteiger partial charge in [-0.3, -0.25) is 9.89 Å². The van der Waals surface area contributed by atoms with Gasteiger partial charge in [-0.1, -0.05) is 29.8 Å². The van der Waals surface area contributed by atoms with E-state index in [0.29, 0.717) is 22.6 Å². The number of nitrogens with one attached hydrogen (secondary N) is 1. The second-order valence-electron chi connectivity index (χ2n) is 7.96. The lowest BCUT2D eigenvalue weighted by atomic mass is 10.1. The first-order valence-corrected chi connectivity index (χ1v) is 11.8.